The van der Waals surface area contributed by atoms with Crippen LogP contribution in [0.15, 0.2) is 27.4 Å². The number of aryl methyl sites for hydroxylation is 1. The van der Waals surface area contributed by atoms with Crippen LogP contribution < -0.4 is 5.76 Å². The van der Waals surface area contributed by atoms with Crippen molar-refractivity contribution in [1.82, 2.24) is 4.57 Å². The first-order chi connectivity index (χ1) is 10.2. The normalized spacial score (nSPS) is 18.2. The molecule has 1 aliphatic rings. The minimum absolute atomic E-state index is 0.309. The van der Waals surface area contributed by atoms with Gasteiger partial charge in [-0.15, -0.1) is 0 Å². The van der Waals surface area contributed by atoms with Gasteiger partial charge in [0.1, 0.15) is 0 Å². The Balaban J connectivity index is 1.92. The Bertz CT molecular complexity index is 664. The minimum atomic E-state index is -0.450. The van der Waals surface area contributed by atoms with E-state index in [-0.39, 0.29) is 5.76 Å². The van der Waals surface area contributed by atoms with Gasteiger partial charge in [0, 0.05) is 6.54 Å². The lowest BCUT2D eigenvalue weighted by molar-refractivity contribution is 0.0849. The summed E-state index contributed by atoms with van der Waals surface area (Å²) in [4.78, 5) is 11.8. The fourth-order valence-corrected chi connectivity index (χ4v) is 3.42. The largest absolute Gasteiger partial charge is 0.419 e. The van der Waals surface area contributed by atoms with E-state index in [4.69, 9.17) is 4.42 Å². The van der Waals surface area contributed by atoms with E-state index in [1.165, 1.54) is 19.3 Å². The van der Waals surface area contributed by atoms with E-state index in [1.54, 1.807) is 4.57 Å². The average Bonchev–Trinajstić information content (AvgIpc) is 2.83. The van der Waals surface area contributed by atoms with Crippen molar-refractivity contribution < 1.29 is 9.52 Å². The molecule has 0 amide bonds. The maximum Gasteiger partial charge on any atom is 0.419 e. The van der Waals surface area contributed by atoms with Gasteiger partial charge in [0.05, 0.1) is 11.6 Å². The van der Waals surface area contributed by atoms with Gasteiger partial charge >= 0.3 is 5.76 Å². The van der Waals surface area contributed by atoms with Gasteiger partial charge in [0.2, 0.25) is 0 Å². The van der Waals surface area contributed by atoms with Crippen molar-refractivity contribution in [2.75, 3.05) is 0 Å². The fraction of sp³-hybridized carbons (Fsp3) is 0.588. The Hall–Kier alpha value is -1.55. The summed E-state index contributed by atoms with van der Waals surface area (Å²) in [5.41, 5.74) is 2.27. The van der Waals surface area contributed by atoms with Gasteiger partial charge < -0.3 is 9.52 Å². The summed E-state index contributed by atoms with van der Waals surface area (Å²) in [6.45, 7) is 2.70. The predicted octanol–water partition coefficient (Wildman–Crippen LogP) is 3.62. The molecule has 1 saturated carbocycles. The molecule has 1 N–H and O–H groups in total. The van der Waals surface area contributed by atoms with Gasteiger partial charge in [0.25, 0.3) is 0 Å². The molecule has 3 rings (SSSR count). The number of fused-ring (bicyclic) bond motifs is 1. The number of benzene rings is 1. The number of aliphatic hydroxyl groups excluding tert-OH is 1. The quantitative estimate of drug-likeness (QED) is 0.935. The van der Waals surface area contributed by atoms with E-state index in [1.807, 2.05) is 25.1 Å². The Labute approximate surface area is 124 Å². The molecule has 0 bridgehead atoms. The van der Waals surface area contributed by atoms with Crippen molar-refractivity contribution in [2.24, 2.45) is 5.92 Å². The maximum absolute atomic E-state index is 11.8. The van der Waals surface area contributed by atoms with Crippen LogP contribution in [0.25, 0.3) is 11.1 Å². The highest BCUT2D eigenvalue weighted by molar-refractivity contribution is 5.73. The van der Waals surface area contributed by atoms with E-state index in [0.29, 0.717) is 18.0 Å². The zero-order chi connectivity index (χ0) is 14.8. The number of aromatic nitrogens is 1. The van der Waals surface area contributed by atoms with Crippen LogP contribution in [0.1, 0.15) is 57.1 Å². The third-order valence-corrected chi connectivity index (χ3v) is 4.58. The summed E-state index contributed by atoms with van der Waals surface area (Å²) in [6, 6.07) is 5.67. The first kappa shape index (κ1) is 14.4. The summed E-state index contributed by atoms with van der Waals surface area (Å²) >= 11 is 0. The molecule has 21 heavy (non-hydrogen) atoms. The molecule has 4 heteroatoms. The Morgan fingerprint density at radius 2 is 2.10 bits per heavy atom. The van der Waals surface area contributed by atoms with Crippen molar-refractivity contribution in [3.05, 3.63) is 34.3 Å². The number of hydrogen-bond donors (Lipinski definition) is 1. The highest BCUT2D eigenvalue weighted by atomic mass is 16.4. The maximum atomic E-state index is 11.8. The monoisotopic (exact) mass is 289 g/mol. The van der Waals surface area contributed by atoms with Gasteiger partial charge in [-0.2, -0.15) is 0 Å². The topological polar surface area (TPSA) is 55.4 Å². The van der Waals surface area contributed by atoms with Crippen LogP contribution in [0.2, 0.25) is 0 Å². The molecule has 0 radical (unpaired) electrons. The molecular formula is C17H23NO3. The fourth-order valence-electron chi connectivity index (χ4n) is 3.42. The first-order valence-electron chi connectivity index (χ1n) is 8.02. The van der Waals surface area contributed by atoms with Crippen LogP contribution in [0, 0.1) is 5.92 Å². The predicted molar refractivity (Wildman–Crippen MR) is 82.3 cm³/mol. The summed E-state index contributed by atoms with van der Waals surface area (Å²) in [7, 11) is 0. The smallest absolute Gasteiger partial charge is 0.408 e. The van der Waals surface area contributed by atoms with Crippen LogP contribution >= 0.6 is 0 Å². The van der Waals surface area contributed by atoms with Crippen molar-refractivity contribution in [3.8, 4) is 0 Å². The lowest BCUT2D eigenvalue weighted by atomic mass is 9.83. The lowest BCUT2D eigenvalue weighted by Gasteiger charge is -2.26. The van der Waals surface area contributed by atoms with Gasteiger partial charge in [-0.1, -0.05) is 32.3 Å². The molecule has 1 fully saturated rings. The molecule has 2 aromatic rings. The second-order valence-electron chi connectivity index (χ2n) is 6.09. The molecule has 4 nitrogen and oxygen atoms in total. The SMILES string of the molecule is CCCn1c(=O)oc2cc(C(O)C3CCCCC3)ccc21. The summed E-state index contributed by atoms with van der Waals surface area (Å²) in [5.74, 6) is 0.0248. The van der Waals surface area contributed by atoms with E-state index in [9.17, 15) is 9.90 Å². The number of aliphatic hydroxyl groups is 1. The third kappa shape index (κ3) is 2.77. The van der Waals surface area contributed by atoms with Crippen molar-refractivity contribution in [1.29, 1.82) is 0 Å². The number of oxazole rings is 1. The van der Waals surface area contributed by atoms with Gasteiger partial charge in [-0.05, 0) is 42.9 Å². The highest BCUT2D eigenvalue weighted by Gasteiger charge is 2.23. The zero-order valence-electron chi connectivity index (χ0n) is 12.5. The van der Waals surface area contributed by atoms with Crippen LogP contribution in [0.4, 0.5) is 0 Å². The van der Waals surface area contributed by atoms with Crippen molar-refractivity contribution in [2.45, 2.75) is 58.1 Å². The molecule has 1 heterocycles. The Kier molecular flexibility index (Phi) is 4.15. The standard InChI is InChI=1S/C17H23NO3/c1-2-10-18-14-9-8-13(11-15(14)21-17(18)20)16(19)12-6-4-3-5-7-12/h8-9,11-12,16,19H,2-7,10H2,1H3. The molecule has 1 aliphatic carbocycles. The second-order valence-corrected chi connectivity index (χ2v) is 6.09. The first-order valence-corrected chi connectivity index (χ1v) is 8.02. The molecule has 1 atom stereocenters. The average molecular weight is 289 g/mol. The lowest BCUT2D eigenvalue weighted by Crippen LogP contribution is -2.16. The molecule has 1 aromatic carbocycles. The number of nitrogens with zero attached hydrogens (tertiary/aromatic N) is 1. The summed E-state index contributed by atoms with van der Waals surface area (Å²) in [6.07, 6.45) is 6.28. The third-order valence-electron chi connectivity index (χ3n) is 4.58. The van der Waals surface area contributed by atoms with Crippen molar-refractivity contribution >= 4 is 11.1 Å². The zero-order valence-corrected chi connectivity index (χ0v) is 12.5. The number of rotatable bonds is 4. The molecular weight excluding hydrogens is 266 g/mol. The summed E-state index contributed by atoms with van der Waals surface area (Å²) in [5, 5.41) is 10.6. The van der Waals surface area contributed by atoms with Gasteiger partial charge in [-0.3, -0.25) is 4.57 Å². The highest BCUT2D eigenvalue weighted by Crippen LogP contribution is 2.35. The van der Waals surface area contributed by atoms with E-state index in [2.05, 4.69) is 0 Å². The van der Waals surface area contributed by atoms with Crippen LogP contribution in [-0.2, 0) is 6.54 Å². The summed E-state index contributed by atoms with van der Waals surface area (Å²) < 4.78 is 6.98. The molecule has 114 valence electrons. The molecule has 1 aromatic heterocycles. The van der Waals surface area contributed by atoms with E-state index in [0.717, 1.165) is 30.3 Å². The van der Waals surface area contributed by atoms with Crippen molar-refractivity contribution in [3.63, 3.8) is 0 Å². The second kappa shape index (κ2) is 6.06. The number of hydrogen-bond acceptors (Lipinski definition) is 3. The molecule has 0 aliphatic heterocycles. The molecule has 1 unspecified atom stereocenters. The van der Waals surface area contributed by atoms with E-state index >= 15 is 0 Å². The van der Waals surface area contributed by atoms with E-state index < -0.39 is 6.10 Å². The molecule has 0 spiro atoms. The van der Waals surface area contributed by atoms with Gasteiger partial charge in [0.15, 0.2) is 5.58 Å². The van der Waals surface area contributed by atoms with Crippen LogP contribution in [0.3, 0.4) is 0 Å². The Morgan fingerprint density at radius 1 is 1.33 bits per heavy atom. The van der Waals surface area contributed by atoms with Gasteiger partial charge in [-0.25, -0.2) is 4.79 Å². The Morgan fingerprint density at radius 3 is 2.81 bits per heavy atom. The minimum Gasteiger partial charge on any atom is -0.408 e. The molecule has 0 saturated heterocycles. The van der Waals surface area contributed by atoms with Crippen LogP contribution in [0.5, 0.6) is 0 Å². The van der Waals surface area contributed by atoms with Crippen LogP contribution in [-0.4, -0.2) is 9.67 Å².